The molecule has 0 N–H and O–H groups in total. The van der Waals surface area contributed by atoms with Crippen molar-refractivity contribution in [3.63, 3.8) is 0 Å². The molecule has 0 bridgehead atoms. The monoisotopic (exact) mass is 414 g/mol. The van der Waals surface area contributed by atoms with Gasteiger partial charge in [-0.05, 0) is 68.4 Å². The van der Waals surface area contributed by atoms with Crippen LogP contribution in [0.1, 0.15) is 40.7 Å². The van der Waals surface area contributed by atoms with Crippen LogP contribution in [0.2, 0.25) is 0 Å². The van der Waals surface area contributed by atoms with Gasteiger partial charge in [0.15, 0.2) is 0 Å². The summed E-state index contributed by atoms with van der Waals surface area (Å²) in [5, 5.41) is 0. The molecule has 1 fully saturated rings. The molecule has 29 heavy (non-hydrogen) atoms. The van der Waals surface area contributed by atoms with Crippen LogP contribution in [0.5, 0.6) is 0 Å². The number of carbonyl (C=O) groups is 1. The molecule has 5 nitrogen and oxygen atoms in total. The highest BCUT2D eigenvalue weighted by atomic mass is 32.2. The van der Waals surface area contributed by atoms with Gasteiger partial charge in [-0.15, -0.1) is 0 Å². The molecular weight excluding hydrogens is 384 g/mol. The number of rotatable bonds is 6. The van der Waals surface area contributed by atoms with Crippen molar-refractivity contribution in [1.29, 1.82) is 0 Å². The van der Waals surface area contributed by atoms with Gasteiger partial charge in [-0.25, -0.2) is 8.42 Å². The van der Waals surface area contributed by atoms with Gasteiger partial charge in [-0.3, -0.25) is 4.79 Å². The lowest BCUT2D eigenvalue weighted by molar-refractivity contribution is -0.130. The number of hydrogen-bond donors (Lipinski definition) is 0. The third kappa shape index (κ3) is 4.54. The molecule has 0 atom stereocenters. The number of likely N-dealkylation sites (tertiary alicyclic amines) is 1. The molecule has 6 heteroatoms. The van der Waals surface area contributed by atoms with E-state index in [1.54, 1.807) is 4.90 Å². The molecule has 3 rings (SSSR count). The topological polar surface area (TPSA) is 57.7 Å². The van der Waals surface area contributed by atoms with Gasteiger partial charge < -0.3 is 4.90 Å². The zero-order valence-corrected chi connectivity index (χ0v) is 18.6. The van der Waals surface area contributed by atoms with Crippen LogP contribution < -0.4 is 0 Å². The molecule has 0 saturated carbocycles. The number of carbonyl (C=O) groups excluding carboxylic acids is 1. The first-order valence-corrected chi connectivity index (χ1v) is 11.5. The fourth-order valence-corrected chi connectivity index (χ4v) is 5.88. The maximum atomic E-state index is 13.8. The molecule has 1 heterocycles. The van der Waals surface area contributed by atoms with Crippen molar-refractivity contribution in [1.82, 2.24) is 9.21 Å². The third-order valence-electron chi connectivity index (χ3n) is 5.87. The Bertz CT molecular complexity index is 968. The second-order valence-corrected chi connectivity index (χ2v) is 9.81. The van der Waals surface area contributed by atoms with Crippen LogP contribution in [0.15, 0.2) is 41.3 Å². The minimum atomic E-state index is -3.84. The SMILES string of the molecule is Cc1cc(C)c(C)c(S(=O)(=O)N(CC(=O)N2CCCC2)Cc2ccccc2)c1C. The molecule has 0 unspecified atom stereocenters. The van der Waals surface area contributed by atoms with Crippen molar-refractivity contribution in [3.05, 3.63) is 64.2 Å². The van der Waals surface area contributed by atoms with Crippen LogP contribution in [0.3, 0.4) is 0 Å². The summed E-state index contributed by atoms with van der Waals surface area (Å²) in [4.78, 5) is 15.0. The molecule has 1 aliphatic rings. The predicted octanol–water partition coefficient (Wildman–Crippen LogP) is 3.73. The lowest BCUT2D eigenvalue weighted by Crippen LogP contribution is -2.42. The molecule has 2 aromatic carbocycles. The summed E-state index contributed by atoms with van der Waals surface area (Å²) < 4.78 is 28.9. The average Bonchev–Trinajstić information content (AvgIpc) is 3.22. The molecule has 0 radical (unpaired) electrons. The molecule has 1 saturated heterocycles. The molecule has 0 aromatic heterocycles. The van der Waals surface area contributed by atoms with E-state index in [0.29, 0.717) is 18.0 Å². The summed E-state index contributed by atoms with van der Waals surface area (Å²) >= 11 is 0. The summed E-state index contributed by atoms with van der Waals surface area (Å²) in [6, 6.07) is 11.5. The summed E-state index contributed by atoms with van der Waals surface area (Å²) in [5.41, 5.74) is 4.25. The van der Waals surface area contributed by atoms with Gasteiger partial charge in [0.05, 0.1) is 11.4 Å². The van der Waals surface area contributed by atoms with E-state index >= 15 is 0 Å². The summed E-state index contributed by atoms with van der Waals surface area (Å²) in [6.07, 6.45) is 1.96. The normalized spacial score (nSPS) is 14.6. The van der Waals surface area contributed by atoms with E-state index in [2.05, 4.69) is 0 Å². The van der Waals surface area contributed by atoms with Crippen LogP contribution in [0.25, 0.3) is 0 Å². The number of benzene rings is 2. The fraction of sp³-hybridized carbons (Fsp3) is 0.435. The van der Waals surface area contributed by atoms with Gasteiger partial charge in [-0.1, -0.05) is 36.4 Å². The Morgan fingerprint density at radius 1 is 0.966 bits per heavy atom. The van der Waals surface area contributed by atoms with Crippen LogP contribution in [0.4, 0.5) is 0 Å². The highest BCUT2D eigenvalue weighted by molar-refractivity contribution is 7.89. The molecule has 0 spiro atoms. The Balaban J connectivity index is 2.03. The lowest BCUT2D eigenvalue weighted by Gasteiger charge is -2.27. The van der Waals surface area contributed by atoms with Crippen LogP contribution in [-0.4, -0.2) is 43.2 Å². The quantitative estimate of drug-likeness (QED) is 0.724. The maximum absolute atomic E-state index is 13.8. The Kier molecular flexibility index (Phi) is 6.44. The first-order chi connectivity index (χ1) is 13.7. The van der Waals surface area contributed by atoms with Crippen molar-refractivity contribution in [2.24, 2.45) is 0 Å². The lowest BCUT2D eigenvalue weighted by atomic mass is 10.0. The summed E-state index contributed by atoms with van der Waals surface area (Å²) in [5.74, 6) is -0.123. The van der Waals surface area contributed by atoms with E-state index in [9.17, 15) is 13.2 Å². The first kappa shape index (κ1) is 21.5. The smallest absolute Gasteiger partial charge is 0.244 e. The number of aryl methyl sites for hydroxylation is 2. The third-order valence-corrected chi connectivity index (χ3v) is 7.93. The van der Waals surface area contributed by atoms with Crippen LogP contribution >= 0.6 is 0 Å². The first-order valence-electron chi connectivity index (χ1n) is 10.1. The number of nitrogens with zero attached hydrogens (tertiary/aromatic N) is 2. The molecule has 1 aliphatic heterocycles. The Morgan fingerprint density at radius 3 is 2.07 bits per heavy atom. The van der Waals surface area contributed by atoms with E-state index in [-0.39, 0.29) is 19.0 Å². The van der Waals surface area contributed by atoms with E-state index in [4.69, 9.17) is 0 Å². The van der Waals surface area contributed by atoms with Gasteiger partial charge in [-0.2, -0.15) is 4.31 Å². The van der Waals surface area contributed by atoms with Gasteiger partial charge in [0.1, 0.15) is 0 Å². The summed E-state index contributed by atoms with van der Waals surface area (Å²) in [6.45, 7) is 9.00. The van der Waals surface area contributed by atoms with Gasteiger partial charge in [0, 0.05) is 19.6 Å². The minimum Gasteiger partial charge on any atom is -0.342 e. The Labute approximate surface area is 174 Å². The van der Waals surface area contributed by atoms with E-state index < -0.39 is 10.0 Å². The van der Waals surface area contributed by atoms with Crippen molar-refractivity contribution in [2.75, 3.05) is 19.6 Å². The Morgan fingerprint density at radius 2 is 1.52 bits per heavy atom. The largest absolute Gasteiger partial charge is 0.342 e. The summed E-state index contributed by atoms with van der Waals surface area (Å²) in [7, 11) is -3.84. The number of hydrogen-bond acceptors (Lipinski definition) is 3. The Hall–Kier alpha value is -2.18. The van der Waals surface area contributed by atoms with E-state index in [1.807, 2.05) is 64.1 Å². The number of sulfonamides is 1. The van der Waals surface area contributed by atoms with Crippen molar-refractivity contribution >= 4 is 15.9 Å². The standard InChI is InChI=1S/C23H30N2O3S/c1-17-14-18(2)20(4)23(19(17)3)29(27,28)25(15-21-10-6-5-7-11-21)16-22(26)24-12-8-9-13-24/h5-7,10-11,14H,8-9,12-13,15-16H2,1-4H3. The average molecular weight is 415 g/mol. The van der Waals surface area contributed by atoms with Crippen LogP contribution in [-0.2, 0) is 21.4 Å². The second kappa shape index (κ2) is 8.67. The number of amides is 1. The van der Waals surface area contributed by atoms with Crippen molar-refractivity contribution in [2.45, 2.75) is 52.0 Å². The highest BCUT2D eigenvalue weighted by Crippen LogP contribution is 2.29. The maximum Gasteiger partial charge on any atom is 0.244 e. The molecule has 2 aromatic rings. The highest BCUT2D eigenvalue weighted by Gasteiger charge is 2.32. The molecule has 156 valence electrons. The molecule has 1 amide bonds. The second-order valence-electron chi connectivity index (χ2n) is 7.94. The van der Waals surface area contributed by atoms with Crippen molar-refractivity contribution in [3.8, 4) is 0 Å². The van der Waals surface area contributed by atoms with Gasteiger partial charge in [0.25, 0.3) is 0 Å². The van der Waals surface area contributed by atoms with Crippen molar-refractivity contribution < 1.29 is 13.2 Å². The molecule has 0 aliphatic carbocycles. The van der Waals surface area contributed by atoms with Gasteiger partial charge >= 0.3 is 0 Å². The minimum absolute atomic E-state index is 0.123. The van der Waals surface area contributed by atoms with Crippen LogP contribution in [0, 0.1) is 27.7 Å². The fourth-order valence-electron chi connectivity index (χ4n) is 3.93. The van der Waals surface area contributed by atoms with E-state index in [1.165, 1.54) is 4.31 Å². The van der Waals surface area contributed by atoms with Gasteiger partial charge in [0.2, 0.25) is 15.9 Å². The molecular formula is C23H30N2O3S. The zero-order chi connectivity index (χ0) is 21.2. The predicted molar refractivity (Wildman–Crippen MR) is 115 cm³/mol. The van der Waals surface area contributed by atoms with E-state index in [0.717, 1.165) is 40.7 Å². The zero-order valence-electron chi connectivity index (χ0n) is 17.7.